The summed E-state index contributed by atoms with van der Waals surface area (Å²) in [5.74, 6) is 0.915. The van der Waals surface area contributed by atoms with E-state index >= 15 is 0 Å². The van der Waals surface area contributed by atoms with Crippen LogP contribution in [-0.4, -0.2) is 24.8 Å². The largest absolute Gasteiger partial charge is 0.468 e. The van der Waals surface area contributed by atoms with E-state index in [-0.39, 0.29) is 12.3 Å². The molecule has 1 fully saturated rings. The molecule has 0 bridgehead atoms. The fourth-order valence-electron chi connectivity index (χ4n) is 2.62. The highest BCUT2D eigenvalue weighted by Crippen LogP contribution is 2.31. The van der Waals surface area contributed by atoms with Crippen molar-refractivity contribution in [3.05, 3.63) is 58.0 Å². The number of benzene rings is 1. The first kappa shape index (κ1) is 14.9. The Labute approximate surface area is 134 Å². The average Bonchev–Trinajstić information content (AvgIpc) is 3.07. The standard InChI is InChI=1S/C15H17Cl2N3O/c1-20-14(12-5-4-10(16)7-13(12)17)9-19-15(20)18-8-11-3-2-6-21-11/h2-7,14-15,18-19H,8-9H2,1H3. The Morgan fingerprint density at radius 1 is 1.38 bits per heavy atom. The van der Waals surface area contributed by atoms with Gasteiger partial charge in [-0.2, -0.15) is 0 Å². The number of rotatable bonds is 4. The maximum Gasteiger partial charge on any atom is 0.117 e. The van der Waals surface area contributed by atoms with Gasteiger partial charge in [-0.25, -0.2) is 0 Å². The predicted octanol–water partition coefficient (Wildman–Crippen LogP) is 3.24. The van der Waals surface area contributed by atoms with Crippen LogP contribution in [0.25, 0.3) is 0 Å². The zero-order valence-corrected chi connectivity index (χ0v) is 13.2. The van der Waals surface area contributed by atoms with Crippen LogP contribution in [0.2, 0.25) is 10.0 Å². The van der Waals surface area contributed by atoms with Crippen molar-refractivity contribution in [2.24, 2.45) is 0 Å². The zero-order chi connectivity index (χ0) is 14.8. The minimum absolute atomic E-state index is 0.0758. The van der Waals surface area contributed by atoms with Crippen LogP contribution < -0.4 is 10.6 Å². The topological polar surface area (TPSA) is 40.4 Å². The van der Waals surface area contributed by atoms with Crippen molar-refractivity contribution >= 4 is 23.2 Å². The summed E-state index contributed by atoms with van der Waals surface area (Å²) in [5.41, 5.74) is 1.08. The molecule has 112 valence electrons. The van der Waals surface area contributed by atoms with Crippen LogP contribution in [0, 0.1) is 0 Å². The van der Waals surface area contributed by atoms with Gasteiger partial charge in [-0.1, -0.05) is 29.3 Å². The maximum absolute atomic E-state index is 6.31. The molecule has 0 radical (unpaired) electrons. The van der Waals surface area contributed by atoms with Crippen molar-refractivity contribution in [1.82, 2.24) is 15.5 Å². The lowest BCUT2D eigenvalue weighted by atomic mass is 10.1. The van der Waals surface area contributed by atoms with Crippen LogP contribution >= 0.6 is 23.2 Å². The SMILES string of the molecule is CN1C(NCc2ccco2)NCC1c1ccc(Cl)cc1Cl. The number of nitrogens with zero attached hydrogens (tertiary/aromatic N) is 1. The van der Waals surface area contributed by atoms with Gasteiger partial charge >= 0.3 is 0 Å². The van der Waals surface area contributed by atoms with Gasteiger partial charge in [-0.05, 0) is 36.9 Å². The van der Waals surface area contributed by atoms with E-state index in [0.29, 0.717) is 16.6 Å². The van der Waals surface area contributed by atoms with Crippen molar-refractivity contribution in [3.63, 3.8) is 0 Å². The van der Waals surface area contributed by atoms with Crippen LogP contribution in [0.4, 0.5) is 0 Å². The molecule has 0 aliphatic carbocycles. The summed E-state index contributed by atoms with van der Waals surface area (Å²) >= 11 is 12.3. The molecule has 3 rings (SSSR count). The lowest BCUT2D eigenvalue weighted by Crippen LogP contribution is -2.45. The molecule has 1 aliphatic heterocycles. The van der Waals surface area contributed by atoms with Gasteiger partial charge in [-0.3, -0.25) is 15.5 Å². The average molecular weight is 326 g/mol. The molecule has 0 saturated carbocycles. The van der Waals surface area contributed by atoms with E-state index in [1.165, 1.54) is 0 Å². The Morgan fingerprint density at radius 2 is 2.24 bits per heavy atom. The smallest absolute Gasteiger partial charge is 0.117 e. The van der Waals surface area contributed by atoms with Crippen molar-refractivity contribution in [2.45, 2.75) is 18.9 Å². The van der Waals surface area contributed by atoms with Gasteiger partial charge in [0.2, 0.25) is 0 Å². The molecule has 2 unspecified atom stereocenters. The van der Waals surface area contributed by atoms with Gasteiger partial charge in [0, 0.05) is 16.6 Å². The van der Waals surface area contributed by atoms with Gasteiger partial charge in [-0.15, -0.1) is 0 Å². The lowest BCUT2D eigenvalue weighted by molar-refractivity contribution is 0.197. The van der Waals surface area contributed by atoms with Gasteiger partial charge in [0.05, 0.1) is 18.8 Å². The summed E-state index contributed by atoms with van der Waals surface area (Å²) in [6.45, 7) is 1.50. The van der Waals surface area contributed by atoms with Crippen LogP contribution in [0.5, 0.6) is 0 Å². The first-order chi connectivity index (χ1) is 10.1. The molecule has 1 aromatic carbocycles. The highest BCUT2D eigenvalue weighted by molar-refractivity contribution is 6.35. The zero-order valence-electron chi connectivity index (χ0n) is 11.6. The lowest BCUT2D eigenvalue weighted by Gasteiger charge is -2.26. The highest BCUT2D eigenvalue weighted by Gasteiger charge is 2.31. The third-order valence-electron chi connectivity index (χ3n) is 3.77. The molecule has 2 heterocycles. The van der Waals surface area contributed by atoms with Gasteiger partial charge in [0.15, 0.2) is 0 Å². The first-order valence-electron chi connectivity index (χ1n) is 6.81. The molecule has 2 N–H and O–H groups in total. The summed E-state index contributed by atoms with van der Waals surface area (Å²) in [7, 11) is 2.06. The third-order valence-corrected chi connectivity index (χ3v) is 4.34. The van der Waals surface area contributed by atoms with E-state index in [0.717, 1.165) is 17.9 Å². The number of hydrogen-bond acceptors (Lipinski definition) is 4. The van der Waals surface area contributed by atoms with Gasteiger partial charge in [0.25, 0.3) is 0 Å². The van der Waals surface area contributed by atoms with Crippen molar-refractivity contribution in [2.75, 3.05) is 13.6 Å². The molecule has 2 aromatic rings. The summed E-state index contributed by atoms with van der Waals surface area (Å²) in [5, 5.41) is 8.22. The molecule has 1 saturated heterocycles. The van der Waals surface area contributed by atoms with E-state index in [2.05, 4.69) is 22.6 Å². The fourth-order valence-corrected chi connectivity index (χ4v) is 3.15. The van der Waals surface area contributed by atoms with Gasteiger partial charge in [0.1, 0.15) is 12.0 Å². The summed E-state index contributed by atoms with van der Waals surface area (Å²) in [6.07, 6.45) is 1.76. The Balaban J connectivity index is 1.66. The second kappa shape index (κ2) is 6.38. The second-order valence-corrected chi connectivity index (χ2v) is 5.96. The maximum atomic E-state index is 6.31. The van der Waals surface area contributed by atoms with Crippen molar-refractivity contribution < 1.29 is 4.42 Å². The van der Waals surface area contributed by atoms with Crippen LogP contribution in [0.3, 0.4) is 0 Å². The fraction of sp³-hybridized carbons (Fsp3) is 0.333. The number of halogens is 2. The van der Waals surface area contributed by atoms with E-state index in [1.54, 1.807) is 12.3 Å². The van der Waals surface area contributed by atoms with Crippen LogP contribution in [-0.2, 0) is 6.54 Å². The molecular formula is C15H17Cl2N3O. The molecule has 21 heavy (non-hydrogen) atoms. The Kier molecular flexibility index (Phi) is 4.52. The molecule has 1 aromatic heterocycles. The number of hydrogen-bond donors (Lipinski definition) is 2. The Morgan fingerprint density at radius 3 is 2.95 bits per heavy atom. The molecular weight excluding hydrogens is 309 g/mol. The minimum atomic E-state index is 0.0758. The first-order valence-corrected chi connectivity index (χ1v) is 7.57. The summed E-state index contributed by atoms with van der Waals surface area (Å²) < 4.78 is 5.33. The Bertz CT molecular complexity index is 603. The Hall–Kier alpha value is -1.04. The monoisotopic (exact) mass is 325 g/mol. The summed E-state index contributed by atoms with van der Waals surface area (Å²) in [6, 6.07) is 9.71. The molecule has 1 aliphatic rings. The normalized spacial score (nSPS) is 22.8. The van der Waals surface area contributed by atoms with Crippen molar-refractivity contribution in [3.8, 4) is 0 Å². The molecule has 4 nitrogen and oxygen atoms in total. The van der Waals surface area contributed by atoms with Crippen LogP contribution in [0.15, 0.2) is 41.0 Å². The second-order valence-electron chi connectivity index (χ2n) is 5.12. The van der Waals surface area contributed by atoms with E-state index in [1.807, 2.05) is 24.3 Å². The molecule has 0 spiro atoms. The number of likely N-dealkylation sites (N-methyl/N-ethyl adjacent to an activating group) is 1. The van der Waals surface area contributed by atoms with Crippen molar-refractivity contribution in [1.29, 1.82) is 0 Å². The van der Waals surface area contributed by atoms with E-state index in [9.17, 15) is 0 Å². The third kappa shape index (κ3) is 3.25. The predicted molar refractivity (Wildman–Crippen MR) is 84.3 cm³/mol. The number of furan rings is 1. The minimum Gasteiger partial charge on any atom is -0.468 e. The number of nitrogens with one attached hydrogen (secondary N) is 2. The molecule has 0 amide bonds. The molecule has 6 heteroatoms. The quantitative estimate of drug-likeness (QED) is 0.905. The van der Waals surface area contributed by atoms with Crippen LogP contribution in [0.1, 0.15) is 17.4 Å². The van der Waals surface area contributed by atoms with E-state index < -0.39 is 0 Å². The van der Waals surface area contributed by atoms with E-state index in [4.69, 9.17) is 27.6 Å². The van der Waals surface area contributed by atoms with Gasteiger partial charge < -0.3 is 4.42 Å². The summed E-state index contributed by atoms with van der Waals surface area (Å²) in [4.78, 5) is 2.22. The highest BCUT2D eigenvalue weighted by atomic mass is 35.5. The molecule has 2 atom stereocenters.